The van der Waals surface area contributed by atoms with Gasteiger partial charge in [0, 0.05) is 11.6 Å². The van der Waals surface area contributed by atoms with Crippen LogP contribution in [-0.2, 0) is 19.7 Å². The lowest BCUT2D eigenvalue weighted by Gasteiger charge is -2.15. The molecule has 0 aliphatic heterocycles. The summed E-state index contributed by atoms with van der Waals surface area (Å²) in [6, 6.07) is 6.44. The predicted octanol–water partition coefficient (Wildman–Crippen LogP) is 2.54. The largest absolute Gasteiger partial charge is 0.455 e. The molecule has 0 radical (unpaired) electrons. The average Bonchev–Trinajstić information content (AvgIpc) is 3.35. The summed E-state index contributed by atoms with van der Waals surface area (Å²) in [5.74, 6) is -1.10. The third-order valence-electron chi connectivity index (χ3n) is 3.94. The molecule has 3 amide bonds. The van der Waals surface area contributed by atoms with Crippen LogP contribution in [0.5, 0.6) is 0 Å². The minimum absolute atomic E-state index is 0.452. The van der Waals surface area contributed by atoms with Crippen molar-refractivity contribution in [3.63, 3.8) is 0 Å². The fraction of sp³-hybridized carbons (Fsp3) is 0.471. The first kappa shape index (κ1) is 18.3. The van der Waals surface area contributed by atoms with E-state index in [0.29, 0.717) is 24.4 Å². The highest BCUT2D eigenvalue weighted by Crippen LogP contribution is 2.49. The standard InChI is InChI=1S/C17H21ClN2O4/c1-2-3-10-19-16(23)20-14(21)11-24-15(22)17(8-9-17)12-4-6-13(18)7-5-12/h4-7H,2-3,8-11H2,1H3,(H2,19,20,21,23). The van der Waals surface area contributed by atoms with Crippen molar-refractivity contribution in [3.8, 4) is 0 Å². The topological polar surface area (TPSA) is 84.5 Å². The van der Waals surface area contributed by atoms with Crippen molar-refractivity contribution in [1.29, 1.82) is 0 Å². The van der Waals surface area contributed by atoms with Crippen LogP contribution in [0.15, 0.2) is 24.3 Å². The number of rotatable bonds is 7. The van der Waals surface area contributed by atoms with Crippen LogP contribution in [0, 0.1) is 0 Å². The van der Waals surface area contributed by atoms with Crippen molar-refractivity contribution in [2.45, 2.75) is 38.0 Å². The van der Waals surface area contributed by atoms with Gasteiger partial charge in [-0.1, -0.05) is 37.1 Å². The van der Waals surface area contributed by atoms with E-state index < -0.39 is 29.9 Å². The van der Waals surface area contributed by atoms with Crippen molar-refractivity contribution < 1.29 is 19.1 Å². The zero-order chi connectivity index (χ0) is 17.6. The molecule has 130 valence electrons. The molecule has 1 fully saturated rings. The van der Waals surface area contributed by atoms with E-state index in [-0.39, 0.29) is 0 Å². The number of unbranched alkanes of at least 4 members (excludes halogenated alkanes) is 1. The monoisotopic (exact) mass is 352 g/mol. The second kappa shape index (κ2) is 8.15. The molecule has 0 saturated heterocycles. The number of amides is 3. The van der Waals surface area contributed by atoms with E-state index in [1.807, 2.05) is 6.92 Å². The molecule has 2 rings (SSSR count). The fourth-order valence-corrected chi connectivity index (χ4v) is 2.49. The van der Waals surface area contributed by atoms with Gasteiger partial charge in [0.25, 0.3) is 5.91 Å². The van der Waals surface area contributed by atoms with Crippen molar-refractivity contribution in [3.05, 3.63) is 34.9 Å². The smallest absolute Gasteiger partial charge is 0.321 e. The van der Waals surface area contributed by atoms with Crippen molar-refractivity contribution in [2.24, 2.45) is 0 Å². The molecule has 2 N–H and O–H groups in total. The molecule has 1 aliphatic carbocycles. The lowest BCUT2D eigenvalue weighted by molar-refractivity contribution is -0.150. The summed E-state index contributed by atoms with van der Waals surface area (Å²) < 4.78 is 5.08. The summed E-state index contributed by atoms with van der Waals surface area (Å²) in [5, 5.41) is 5.28. The Balaban J connectivity index is 1.79. The molecule has 6 nitrogen and oxygen atoms in total. The van der Waals surface area contributed by atoms with Crippen LogP contribution in [0.3, 0.4) is 0 Å². The highest BCUT2D eigenvalue weighted by molar-refractivity contribution is 6.30. The first-order valence-electron chi connectivity index (χ1n) is 7.99. The maximum atomic E-state index is 12.3. The molecule has 0 unspecified atom stereocenters. The zero-order valence-electron chi connectivity index (χ0n) is 13.6. The summed E-state index contributed by atoms with van der Waals surface area (Å²) in [6.07, 6.45) is 3.12. The van der Waals surface area contributed by atoms with Gasteiger partial charge in [-0.3, -0.25) is 14.9 Å². The lowest BCUT2D eigenvalue weighted by Crippen LogP contribution is -2.42. The lowest BCUT2D eigenvalue weighted by atomic mass is 9.96. The summed E-state index contributed by atoms with van der Waals surface area (Å²) in [5.41, 5.74) is 0.142. The molecular formula is C17H21ClN2O4. The molecule has 0 spiro atoms. The van der Waals surface area contributed by atoms with Gasteiger partial charge in [-0.15, -0.1) is 0 Å². The maximum absolute atomic E-state index is 12.3. The minimum atomic E-state index is -0.686. The SMILES string of the molecule is CCCCNC(=O)NC(=O)COC(=O)C1(c2ccc(Cl)cc2)CC1. The van der Waals surface area contributed by atoms with Crippen molar-refractivity contribution in [2.75, 3.05) is 13.2 Å². The molecule has 0 bridgehead atoms. The molecule has 0 heterocycles. The summed E-state index contributed by atoms with van der Waals surface area (Å²) >= 11 is 5.85. The second-order valence-electron chi connectivity index (χ2n) is 5.82. The Morgan fingerprint density at radius 1 is 1.21 bits per heavy atom. The first-order valence-corrected chi connectivity index (χ1v) is 8.36. The van der Waals surface area contributed by atoms with E-state index in [1.165, 1.54) is 0 Å². The number of hydrogen-bond acceptors (Lipinski definition) is 4. The van der Waals surface area contributed by atoms with E-state index in [0.717, 1.165) is 18.4 Å². The normalized spacial score (nSPS) is 14.6. The Kier molecular flexibility index (Phi) is 6.20. The number of carbonyl (C=O) groups excluding carboxylic acids is 3. The van der Waals surface area contributed by atoms with Gasteiger partial charge in [0.15, 0.2) is 6.61 Å². The highest BCUT2D eigenvalue weighted by Gasteiger charge is 2.52. The van der Waals surface area contributed by atoms with Crippen molar-refractivity contribution >= 4 is 29.5 Å². The Hall–Kier alpha value is -2.08. The zero-order valence-corrected chi connectivity index (χ0v) is 14.3. The highest BCUT2D eigenvalue weighted by atomic mass is 35.5. The predicted molar refractivity (Wildman–Crippen MR) is 89.8 cm³/mol. The first-order chi connectivity index (χ1) is 11.5. The fourth-order valence-electron chi connectivity index (χ4n) is 2.36. The van der Waals surface area contributed by atoms with Crippen LogP contribution >= 0.6 is 11.6 Å². The number of imide groups is 1. The van der Waals surface area contributed by atoms with Crippen LogP contribution in [-0.4, -0.2) is 31.1 Å². The second-order valence-corrected chi connectivity index (χ2v) is 6.26. The van der Waals surface area contributed by atoms with Crippen LogP contribution in [0.2, 0.25) is 5.02 Å². The molecule has 1 aromatic carbocycles. The molecule has 1 aliphatic rings. The number of benzene rings is 1. The van der Waals surface area contributed by atoms with Gasteiger partial charge in [-0.25, -0.2) is 4.79 Å². The van der Waals surface area contributed by atoms with Crippen LogP contribution in [0.1, 0.15) is 38.2 Å². The molecule has 0 atom stereocenters. The molecule has 0 aromatic heterocycles. The molecule has 1 aromatic rings. The van der Waals surface area contributed by atoms with Gasteiger partial charge >= 0.3 is 12.0 Å². The summed E-state index contributed by atoms with van der Waals surface area (Å²) in [7, 11) is 0. The van der Waals surface area contributed by atoms with Crippen LogP contribution in [0.4, 0.5) is 4.79 Å². The van der Waals surface area contributed by atoms with Crippen molar-refractivity contribution in [1.82, 2.24) is 10.6 Å². The van der Waals surface area contributed by atoms with Gasteiger partial charge < -0.3 is 10.1 Å². The third kappa shape index (κ3) is 4.71. The minimum Gasteiger partial charge on any atom is -0.455 e. The number of urea groups is 1. The summed E-state index contributed by atoms with van der Waals surface area (Å²) in [4.78, 5) is 35.4. The third-order valence-corrected chi connectivity index (χ3v) is 4.19. The molecule has 7 heteroatoms. The van der Waals surface area contributed by atoms with Crippen LogP contribution < -0.4 is 10.6 Å². The van der Waals surface area contributed by atoms with Gasteiger partial charge in [0.2, 0.25) is 0 Å². The van der Waals surface area contributed by atoms with E-state index in [1.54, 1.807) is 24.3 Å². The summed E-state index contributed by atoms with van der Waals surface area (Å²) in [6.45, 7) is 2.02. The quantitative estimate of drug-likeness (QED) is 0.583. The molecule has 24 heavy (non-hydrogen) atoms. The van der Waals surface area contributed by atoms with Gasteiger partial charge in [0.1, 0.15) is 0 Å². The van der Waals surface area contributed by atoms with E-state index in [9.17, 15) is 14.4 Å². The average molecular weight is 353 g/mol. The van der Waals surface area contributed by atoms with E-state index in [2.05, 4.69) is 10.6 Å². The Morgan fingerprint density at radius 2 is 1.88 bits per heavy atom. The van der Waals surface area contributed by atoms with E-state index in [4.69, 9.17) is 16.3 Å². The van der Waals surface area contributed by atoms with Gasteiger partial charge in [-0.2, -0.15) is 0 Å². The number of hydrogen-bond donors (Lipinski definition) is 2. The number of halogens is 1. The number of carbonyl (C=O) groups is 3. The number of nitrogens with one attached hydrogen (secondary N) is 2. The Bertz CT molecular complexity index is 612. The Labute approximate surface area is 145 Å². The van der Waals surface area contributed by atoms with Crippen LogP contribution in [0.25, 0.3) is 0 Å². The van der Waals surface area contributed by atoms with E-state index >= 15 is 0 Å². The molecule has 1 saturated carbocycles. The number of ether oxygens (including phenoxy) is 1. The van der Waals surface area contributed by atoms with Gasteiger partial charge in [0.05, 0.1) is 5.41 Å². The Morgan fingerprint density at radius 3 is 2.46 bits per heavy atom. The van der Waals surface area contributed by atoms with Gasteiger partial charge in [-0.05, 0) is 37.0 Å². The molecular weight excluding hydrogens is 332 g/mol. The number of esters is 1. The maximum Gasteiger partial charge on any atom is 0.321 e.